The van der Waals surface area contributed by atoms with Crippen molar-refractivity contribution in [3.8, 4) is 17.1 Å². The first kappa shape index (κ1) is 22.6. The maximum absolute atomic E-state index is 13.0. The number of nitrogens with zero attached hydrogens (tertiary/aromatic N) is 5. The van der Waals surface area contributed by atoms with Crippen LogP contribution in [0.3, 0.4) is 0 Å². The minimum absolute atomic E-state index is 0.0557. The van der Waals surface area contributed by atoms with E-state index in [0.29, 0.717) is 23.9 Å². The fraction of sp³-hybridized carbons (Fsp3) is 0.348. The Hall–Kier alpha value is -2.58. The Balaban J connectivity index is 1.42. The molecule has 0 N–H and O–H groups in total. The third kappa shape index (κ3) is 4.61. The molecule has 0 radical (unpaired) electrons. The Morgan fingerprint density at radius 2 is 1.91 bits per heavy atom. The van der Waals surface area contributed by atoms with Crippen molar-refractivity contribution in [1.82, 2.24) is 19.7 Å². The van der Waals surface area contributed by atoms with E-state index in [1.54, 1.807) is 11.8 Å². The van der Waals surface area contributed by atoms with Gasteiger partial charge in [0.05, 0.1) is 28.0 Å². The summed E-state index contributed by atoms with van der Waals surface area (Å²) in [6.45, 7) is 6.90. The lowest BCUT2D eigenvalue weighted by Gasteiger charge is -2.36. The van der Waals surface area contributed by atoms with E-state index >= 15 is 0 Å². The van der Waals surface area contributed by atoms with Crippen molar-refractivity contribution in [2.24, 2.45) is 0 Å². The van der Waals surface area contributed by atoms with Gasteiger partial charge in [0.15, 0.2) is 0 Å². The highest BCUT2D eigenvalue weighted by Gasteiger charge is 2.24. The molecule has 0 spiro atoms. The SMILES string of the molecule is COc1cc(N2CCN(C(=O)Cn3nc(-c4cccc(C)n4)c(Br)c3C)CC2)ccc1Cl. The number of anilines is 1. The Morgan fingerprint density at radius 1 is 1.16 bits per heavy atom. The average Bonchev–Trinajstić information content (AvgIpc) is 3.08. The van der Waals surface area contributed by atoms with E-state index < -0.39 is 0 Å². The minimum atomic E-state index is 0.0557. The number of methoxy groups -OCH3 is 1. The summed E-state index contributed by atoms with van der Waals surface area (Å²) in [5.41, 5.74) is 4.41. The number of hydrogen-bond acceptors (Lipinski definition) is 5. The second-order valence-corrected chi connectivity index (χ2v) is 8.96. The Morgan fingerprint density at radius 3 is 2.59 bits per heavy atom. The Bertz CT molecular complexity index is 1140. The van der Waals surface area contributed by atoms with Crippen LogP contribution >= 0.6 is 27.5 Å². The van der Waals surface area contributed by atoms with Gasteiger partial charge in [-0.2, -0.15) is 5.10 Å². The number of aromatic nitrogens is 3. The predicted octanol–water partition coefficient (Wildman–Crippen LogP) is 4.34. The highest BCUT2D eigenvalue weighted by Crippen LogP contribution is 2.31. The zero-order valence-corrected chi connectivity index (χ0v) is 20.7. The highest BCUT2D eigenvalue weighted by atomic mass is 79.9. The Labute approximate surface area is 201 Å². The van der Waals surface area contributed by atoms with Crippen LogP contribution in [0, 0.1) is 13.8 Å². The van der Waals surface area contributed by atoms with Crippen molar-refractivity contribution in [2.45, 2.75) is 20.4 Å². The molecular weight excluding hydrogens is 494 g/mol. The standard InChI is InChI=1S/C23H25BrClN5O2/c1-15-5-4-6-19(26-15)23-22(24)16(2)30(27-23)14-21(31)29-11-9-28(10-12-29)17-7-8-18(25)20(13-17)32-3/h4-8,13H,9-12,14H2,1-3H3. The molecule has 1 aliphatic rings. The fourth-order valence-corrected chi connectivity index (χ4v) is 4.49. The zero-order valence-electron chi connectivity index (χ0n) is 18.3. The quantitative estimate of drug-likeness (QED) is 0.503. The summed E-state index contributed by atoms with van der Waals surface area (Å²) in [5, 5.41) is 5.26. The van der Waals surface area contributed by atoms with E-state index in [1.807, 2.05) is 55.1 Å². The number of hydrogen-bond donors (Lipinski definition) is 0. The molecule has 1 aromatic carbocycles. The molecule has 0 unspecified atom stereocenters. The molecule has 0 bridgehead atoms. The van der Waals surface area contributed by atoms with Gasteiger partial charge in [-0.15, -0.1) is 0 Å². The third-order valence-electron chi connectivity index (χ3n) is 5.68. The number of aryl methyl sites for hydroxylation is 1. The summed E-state index contributed by atoms with van der Waals surface area (Å²) in [5.74, 6) is 0.710. The lowest BCUT2D eigenvalue weighted by Crippen LogP contribution is -2.49. The van der Waals surface area contributed by atoms with E-state index in [9.17, 15) is 4.79 Å². The summed E-state index contributed by atoms with van der Waals surface area (Å²) in [7, 11) is 1.61. The summed E-state index contributed by atoms with van der Waals surface area (Å²) >= 11 is 9.76. The van der Waals surface area contributed by atoms with Crippen LogP contribution in [-0.2, 0) is 11.3 Å². The molecular formula is C23H25BrClN5O2. The van der Waals surface area contributed by atoms with Crippen molar-refractivity contribution in [3.05, 3.63) is 57.3 Å². The van der Waals surface area contributed by atoms with Crippen LogP contribution in [0.1, 0.15) is 11.4 Å². The topological polar surface area (TPSA) is 63.5 Å². The molecule has 2 aromatic heterocycles. The van der Waals surface area contributed by atoms with Gasteiger partial charge in [0.2, 0.25) is 5.91 Å². The number of ether oxygens (including phenoxy) is 1. The molecule has 0 atom stereocenters. The van der Waals surface area contributed by atoms with E-state index in [-0.39, 0.29) is 12.5 Å². The summed E-state index contributed by atoms with van der Waals surface area (Å²) in [6, 6.07) is 11.6. The number of benzene rings is 1. The fourth-order valence-electron chi connectivity index (χ4n) is 3.80. The summed E-state index contributed by atoms with van der Waals surface area (Å²) in [6.07, 6.45) is 0. The first-order chi connectivity index (χ1) is 15.4. The van der Waals surface area contributed by atoms with Gasteiger partial charge in [-0.3, -0.25) is 14.5 Å². The lowest BCUT2D eigenvalue weighted by atomic mass is 10.2. The van der Waals surface area contributed by atoms with Crippen LogP contribution in [0.2, 0.25) is 5.02 Å². The van der Waals surface area contributed by atoms with E-state index in [1.165, 1.54) is 0 Å². The van der Waals surface area contributed by atoms with Crippen LogP contribution in [0.5, 0.6) is 5.75 Å². The maximum atomic E-state index is 13.0. The van der Waals surface area contributed by atoms with Gasteiger partial charge in [-0.05, 0) is 54.0 Å². The van der Waals surface area contributed by atoms with Crippen molar-refractivity contribution in [1.29, 1.82) is 0 Å². The normalized spacial score (nSPS) is 14.0. The van der Waals surface area contributed by atoms with Crippen LogP contribution in [0.15, 0.2) is 40.9 Å². The van der Waals surface area contributed by atoms with Crippen LogP contribution in [0.4, 0.5) is 5.69 Å². The van der Waals surface area contributed by atoms with Crippen molar-refractivity contribution < 1.29 is 9.53 Å². The highest BCUT2D eigenvalue weighted by molar-refractivity contribution is 9.10. The number of amides is 1. The maximum Gasteiger partial charge on any atom is 0.244 e. The van der Waals surface area contributed by atoms with Crippen molar-refractivity contribution >= 4 is 39.1 Å². The zero-order chi connectivity index (χ0) is 22.8. The molecule has 1 aliphatic heterocycles. The van der Waals surface area contributed by atoms with Crippen LogP contribution < -0.4 is 9.64 Å². The molecule has 7 nitrogen and oxygen atoms in total. The molecule has 0 saturated carbocycles. The second-order valence-electron chi connectivity index (χ2n) is 7.76. The van der Waals surface area contributed by atoms with Crippen LogP contribution in [-0.4, -0.2) is 58.9 Å². The van der Waals surface area contributed by atoms with E-state index in [4.69, 9.17) is 16.3 Å². The molecule has 32 heavy (non-hydrogen) atoms. The van der Waals surface area contributed by atoms with Crippen molar-refractivity contribution in [2.75, 3.05) is 38.2 Å². The van der Waals surface area contributed by atoms with Gasteiger partial charge in [-0.1, -0.05) is 17.7 Å². The smallest absolute Gasteiger partial charge is 0.244 e. The molecule has 3 aromatic rings. The lowest BCUT2D eigenvalue weighted by molar-refractivity contribution is -0.132. The van der Waals surface area contributed by atoms with Crippen LogP contribution in [0.25, 0.3) is 11.4 Å². The molecule has 9 heteroatoms. The number of pyridine rings is 1. The van der Waals surface area contributed by atoms with Gasteiger partial charge in [-0.25, -0.2) is 0 Å². The first-order valence-electron chi connectivity index (χ1n) is 10.4. The Kier molecular flexibility index (Phi) is 6.71. The summed E-state index contributed by atoms with van der Waals surface area (Å²) < 4.78 is 7.94. The number of piperazine rings is 1. The molecule has 168 valence electrons. The number of carbonyl (C=O) groups excluding carboxylic acids is 1. The molecule has 3 heterocycles. The molecule has 1 fully saturated rings. The number of carbonyl (C=O) groups is 1. The van der Waals surface area contributed by atoms with Crippen molar-refractivity contribution in [3.63, 3.8) is 0 Å². The first-order valence-corrected chi connectivity index (χ1v) is 11.6. The second kappa shape index (κ2) is 9.50. The molecule has 4 rings (SSSR count). The number of halogens is 2. The van der Waals surface area contributed by atoms with Gasteiger partial charge < -0.3 is 14.5 Å². The van der Waals surface area contributed by atoms with Gasteiger partial charge in [0, 0.05) is 43.6 Å². The molecule has 0 aliphatic carbocycles. The van der Waals surface area contributed by atoms with E-state index in [0.717, 1.165) is 46.0 Å². The van der Waals surface area contributed by atoms with Gasteiger partial charge in [0.1, 0.15) is 18.0 Å². The van der Waals surface area contributed by atoms with Gasteiger partial charge in [0.25, 0.3) is 0 Å². The molecule has 1 amide bonds. The predicted molar refractivity (Wildman–Crippen MR) is 129 cm³/mol. The number of rotatable bonds is 5. The third-order valence-corrected chi connectivity index (χ3v) is 6.94. The minimum Gasteiger partial charge on any atom is -0.495 e. The van der Waals surface area contributed by atoms with Gasteiger partial charge >= 0.3 is 0 Å². The molecule has 1 saturated heterocycles. The van der Waals surface area contributed by atoms with E-state index in [2.05, 4.69) is 30.9 Å². The summed E-state index contributed by atoms with van der Waals surface area (Å²) in [4.78, 5) is 21.7. The monoisotopic (exact) mass is 517 g/mol. The largest absolute Gasteiger partial charge is 0.495 e. The average molecular weight is 519 g/mol.